The SMILES string of the molecule is CCCCCCC[C](=[V])NCCNC(C)(C)C. The molecule has 0 aliphatic heterocycles. The van der Waals surface area contributed by atoms with Crippen LogP contribution in [0.4, 0.5) is 0 Å². The summed E-state index contributed by atoms with van der Waals surface area (Å²) in [5.74, 6) is 0. The second kappa shape index (κ2) is 10.3. The Hall–Kier alpha value is 0.374. The van der Waals surface area contributed by atoms with Gasteiger partial charge in [0.05, 0.1) is 0 Å². The predicted octanol–water partition coefficient (Wildman–Crippen LogP) is 3.00. The van der Waals surface area contributed by atoms with Gasteiger partial charge in [-0.25, -0.2) is 0 Å². The normalized spacial score (nSPS) is 11.7. The summed E-state index contributed by atoms with van der Waals surface area (Å²) < 4.78 is 1.38. The van der Waals surface area contributed by atoms with Gasteiger partial charge in [0.15, 0.2) is 0 Å². The van der Waals surface area contributed by atoms with E-state index in [1.165, 1.54) is 42.9 Å². The van der Waals surface area contributed by atoms with Crippen LogP contribution in [0, 0.1) is 0 Å². The Balaban J connectivity index is 3.29. The summed E-state index contributed by atoms with van der Waals surface area (Å²) in [6.07, 6.45) is 8.01. The first-order valence-electron chi connectivity index (χ1n) is 6.99. The first kappa shape index (κ1) is 17.4. The molecule has 0 aliphatic rings. The predicted molar refractivity (Wildman–Crippen MR) is 74.1 cm³/mol. The summed E-state index contributed by atoms with van der Waals surface area (Å²) in [4.78, 5) is 0. The third-order valence-electron chi connectivity index (χ3n) is 2.63. The Kier molecular flexibility index (Phi) is 10.5. The van der Waals surface area contributed by atoms with Crippen LogP contribution in [0.2, 0.25) is 0 Å². The van der Waals surface area contributed by atoms with Crippen LogP contribution in [0.5, 0.6) is 0 Å². The topological polar surface area (TPSA) is 24.1 Å². The van der Waals surface area contributed by atoms with Crippen molar-refractivity contribution in [3.63, 3.8) is 0 Å². The Morgan fingerprint density at radius 2 is 1.65 bits per heavy atom. The van der Waals surface area contributed by atoms with E-state index in [9.17, 15) is 0 Å². The molecule has 3 heteroatoms. The van der Waals surface area contributed by atoms with Crippen molar-refractivity contribution in [2.45, 2.75) is 71.8 Å². The molecule has 0 amide bonds. The molecule has 0 bridgehead atoms. The maximum atomic E-state index is 3.48. The molecule has 0 aliphatic carbocycles. The maximum absolute atomic E-state index is 3.48. The average Bonchev–Trinajstić information content (AvgIpc) is 2.23. The van der Waals surface area contributed by atoms with E-state index in [-0.39, 0.29) is 5.54 Å². The van der Waals surface area contributed by atoms with E-state index < -0.39 is 0 Å². The van der Waals surface area contributed by atoms with Gasteiger partial charge >= 0.3 is 117 Å². The van der Waals surface area contributed by atoms with E-state index in [1.807, 2.05) is 0 Å². The Morgan fingerprint density at radius 1 is 1.00 bits per heavy atom. The molecule has 2 N–H and O–H groups in total. The van der Waals surface area contributed by atoms with Gasteiger partial charge in [0.1, 0.15) is 0 Å². The molecule has 2 nitrogen and oxygen atoms in total. The quantitative estimate of drug-likeness (QED) is 0.600. The van der Waals surface area contributed by atoms with Crippen molar-refractivity contribution in [2.75, 3.05) is 13.1 Å². The van der Waals surface area contributed by atoms with Gasteiger partial charge in [-0.05, 0) is 0 Å². The molecule has 0 spiro atoms. The van der Waals surface area contributed by atoms with Crippen LogP contribution in [-0.4, -0.2) is 23.0 Å². The zero-order valence-electron chi connectivity index (χ0n) is 12.1. The van der Waals surface area contributed by atoms with E-state index in [0.29, 0.717) is 0 Å². The number of nitrogens with one attached hydrogen (secondary N) is 2. The van der Waals surface area contributed by atoms with Crippen molar-refractivity contribution in [1.82, 2.24) is 10.6 Å². The summed E-state index contributed by atoms with van der Waals surface area (Å²) >= 11 is 2.68. The van der Waals surface area contributed by atoms with Crippen molar-refractivity contribution >= 4 is 4.35 Å². The van der Waals surface area contributed by atoms with Gasteiger partial charge in [-0.3, -0.25) is 0 Å². The Labute approximate surface area is 117 Å². The summed E-state index contributed by atoms with van der Waals surface area (Å²) in [6.45, 7) is 10.9. The van der Waals surface area contributed by atoms with E-state index in [2.05, 4.69) is 55.3 Å². The molecule has 0 atom stereocenters. The molecule has 0 aromatic heterocycles. The van der Waals surface area contributed by atoms with Crippen molar-refractivity contribution in [1.29, 1.82) is 0 Å². The van der Waals surface area contributed by atoms with Gasteiger partial charge in [-0.15, -0.1) is 0 Å². The third-order valence-corrected chi connectivity index (χ3v) is 3.22. The summed E-state index contributed by atoms with van der Waals surface area (Å²) in [5, 5.41) is 6.95. The molecule has 0 rings (SSSR count). The monoisotopic (exact) mass is 277 g/mol. The van der Waals surface area contributed by atoms with Crippen LogP contribution in [-0.2, 0) is 17.0 Å². The Morgan fingerprint density at radius 3 is 2.24 bits per heavy atom. The average molecular weight is 277 g/mol. The molecule has 17 heavy (non-hydrogen) atoms. The number of rotatable bonds is 10. The fourth-order valence-corrected chi connectivity index (χ4v) is 2.05. The van der Waals surface area contributed by atoms with Crippen LogP contribution >= 0.6 is 0 Å². The van der Waals surface area contributed by atoms with Gasteiger partial charge < -0.3 is 0 Å². The third kappa shape index (κ3) is 14.3. The summed E-state index contributed by atoms with van der Waals surface area (Å²) in [6, 6.07) is 0. The molecule has 0 radical (unpaired) electrons. The number of unbranched alkanes of at least 4 members (excludes halogenated alkanes) is 4. The molecule has 0 saturated heterocycles. The molecule has 0 heterocycles. The van der Waals surface area contributed by atoms with Gasteiger partial charge in [0, 0.05) is 0 Å². The van der Waals surface area contributed by atoms with Crippen LogP contribution < -0.4 is 10.6 Å². The van der Waals surface area contributed by atoms with Crippen LogP contribution in [0.3, 0.4) is 0 Å². The first-order chi connectivity index (χ1) is 7.95. The second-order valence-electron chi connectivity index (χ2n) is 5.71. The molecular weight excluding hydrogens is 247 g/mol. The van der Waals surface area contributed by atoms with Crippen molar-refractivity contribution in [3.8, 4) is 0 Å². The van der Waals surface area contributed by atoms with Crippen LogP contribution in [0.1, 0.15) is 66.2 Å². The van der Waals surface area contributed by atoms with E-state index in [1.54, 1.807) is 0 Å². The minimum absolute atomic E-state index is 0.227. The summed E-state index contributed by atoms with van der Waals surface area (Å²) in [5.41, 5.74) is 0.227. The molecule has 0 saturated carbocycles. The van der Waals surface area contributed by atoms with Crippen molar-refractivity contribution in [2.24, 2.45) is 0 Å². The Bertz CT molecular complexity index is 197. The second-order valence-corrected chi connectivity index (χ2v) is 6.56. The van der Waals surface area contributed by atoms with Gasteiger partial charge in [0.25, 0.3) is 0 Å². The zero-order chi connectivity index (χ0) is 13.1. The standard InChI is InChI=1S/C14H30N2.V/c1-5-6-7-8-9-10-11-15-12-13-16-14(2,3)4;/h15-16H,5-10,12-13H2,1-4H3;. The van der Waals surface area contributed by atoms with E-state index in [0.717, 1.165) is 13.1 Å². The number of hydrogen-bond donors (Lipinski definition) is 2. The van der Waals surface area contributed by atoms with Gasteiger partial charge in [-0.2, -0.15) is 0 Å². The number of hydrogen-bond acceptors (Lipinski definition) is 2. The van der Waals surface area contributed by atoms with Gasteiger partial charge in [-0.1, -0.05) is 0 Å². The van der Waals surface area contributed by atoms with Crippen LogP contribution in [0.25, 0.3) is 0 Å². The molecule has 0 fully saturated rings. The molecule has 0 unspecified atom stereocenters. The fraction of sp³-hybridized carbons (Fsp3) is 0.929. The van der Waals surface area contributed by atoms with E-state index >= 15 is 0 Å². The molecule has 0 aromatic rings. The molecular formula is C14H30N2V. The zero-order valence-corrected chi connectivity index (χ0v) is 13.5. The van der Waals surface area contributed by atoms with Crippen LogP contribution in [0.15, 0.2) is 0 Å². The molecule has 101 valence electrons. The minimum atomic E-state index is 0.227. The molecule has 0 aromatic carbocycles. The first-order valence-corrected chi connectivity index (χ1v) is 7.69. The summed E-state index contributed by atoms with van der Waals surface area (Å²) in [7, 11) is 0. The van der Waals surface area contributed by atoms with E-state index in [4.69, 9.17) is 0 Å². The van der Waals surface area contributed by atoms with Crippen molar-refractivity contribution < 1.29 is 17.0 Å². The van der Waals surface area contributed by atoms with Crippen molar-refractivity contribution in [3.05, 3.63) is 0 Å². The van der Waals surface area contributed by atoms with Gasteiger partial charge in [0.2, 0.25) is 0 Å². The fourth-order valence-electron chi connectivity index (χ4n) is 1.63.